The van der Waals surface area contributed by atoms with E-state index in [1.807, 2.05) is 0 Å². The van der Waals surface area contributed by atoms with Crippen LogP contribution in [0.1, 0.15) is 29.7 Å². The third-order valence-corrected chi connectivity index (χ3v) is 3.19. The number of rotatable bonds is 1. The number of benzene rings is 1. The normalized spacial score (nSPS) is 24.5. The molecule has 2 rings (SSSR count). The highest BCUT2D eigenvalue weighted by atomic mass is 16.5. The number of hydrogen-bond acceptors (Lipinski definition) is 2. The Morgan fingerprint density at radius 2 is 2.07 bits per heavy atom. The van der Waals surface area contributed by atoms with Gasteiger partial charge >= 0.3 is 0 Å². The molecule has 1 aromatic rings. The summed E-state index contributed by atoms with van der Waals surface area (Å²) in [4.78, 5) is 0. The lowest BCUT2D eigenvalue weighted by atomic mass is 9.89. The van der Waals surface area contributed by atoms with Gasteiger partial charge in [-0.2, -0.15) is 0 Å². The van der Waals surface area contributed by atoms with Crippen LogP contribution in [0.2, 0.25) is 0 Å². The van der Waals surface area contributed by atoms with Crippen LogP contribution in [0.25, 0.3) is 0 Å². The highest BCUT2D eigenvalue weighted by Crippen LogP contribution is 2.37. The van der Waals surface area contributed by atoms with Crippen molar-refractivity contribution in [2.24, 2.45) is 5.92 Å². The van der Waals surface area contributed by atoms with Gasteiger partial charge in [0.25, 0.3) is 0 Å². The van der Waals surface area contributed by atoms with Crippen molar-refractivity contribution in [3.05, 3.63) is 28.8 Å². The molecule has 2 heteroatoms. The molecule has 1 N–H and O–H groups in total. The lowest BCUT2D eigenvalue weighted by Crippen LogP contribution is -2.27. The standard InChI is InChI=1S/C13H19NO/c1-8-5-9(2)12-11(6-8)13(15-4)10(3)7-14-12/h5-6,10,13-14H,7H2,1-4H3. The average molecular weight is 205 g/mol. The lowest BCUT2D eigenvalue weighted by molar-refractivity contribution is 0.0595. The van der Waals surface area contributed by atoms with Gasteiger partial charge in [0, 0.05) is 30.8 Å². The second-order valence-corrected chi connectivity index (χ2v) is 4.56. The molecule has 1 aliphatic heterocycles. The van der Waals surface area contributed by atoms with E-state index in [0.717, 1.165) is 6.54 Å². The van der Waals surface area contributed by atoms with Crippen molar-refractivity contribution in [2.75, 3.05) is 19.0 Å². The number of methoxy groups -OCH3 is 1. The Bertz CT molecular complexity index is 373. The summed E-state index contributed by atoms with van der Waals surface area (Å²) >= 11 is 0. The molecule has 1 aromatic carbocycles. The van der Waals surface area contributed by atoms with Crippen molar-refractivity contribution in [3.63, 3.8) is 0 Å². The van der Waals surface area contributed by atoms with Crippen LogP contribution in [0, 0.1) is 19.8 Å². The van der Waals surface area contributed by atoms with Crippen molar-refractivity contribution in [1.29, 1.82) is 0 Å². The molecule has 0 radical (unpaired) electrons. The first-order valence-electron chi connectivity index (χ1n) is 5.51. The highest BCUT2D eigenvalue weighted by Gasteiger charge is 2.27. The highest BCUT2D eigenvalue weighted by molar-refractivity contribution is 5.61. The summed E-state index contributed by atoms with van der Waals surface area (Å²) < 4.78 is 5.60. The molecule has 15 heavy (non-hydrogen) atoms. The minimum absolute atomic E-state index is 0.236. The Hall–Kier alpha value is -1.02. The molecule has 0 saturated carbocycles. The molecular weight excluding hydrogens is 186 g/mol. The van der Waals surface area contributed by atoms with E-state index in [1.165, 1.54) is 22.4 Å². The third-order valence-electron chi connectivity index (χ3n) is 3.19. The van der Waals surface area contributed by atoms with Gasteiger partial charge in [-0.3, -0.25) is 0 Å². The first-order chi connectivity index (χ1) is 7.13. The lowest BCUT2D eigenvalue weighted by Gasteiger charge is -2.32. The van der Waals surface area contributed by atoms with Gasteiger partial charge in [-0.25, -0.2) is 0 Å². The minimum atomic E-state index is 0.236. The maximum atomic E-state index is 5.60. The fourth-order valence-electron chi connectivity index (χ4n) is 2.50. The van der Waals surface area contributed by atoms with E-state index < -0.39 is 0 Å². The molecule has 0 amide bonds. The van der Waals surface area contributed by atoms with Crippen LogP contribution in [-0.2, 0) is 4.74 Å². The predicted molar refractivity (Wildman–Crippen MR) is 63.3 cm³/mol. The summed E-state index contributed by atoms with van der Waals surface area (Å²) in [6, 6.07) is 4.45. The van der Waals surface area contributed by atoms with Gasteiger partial charge < -0.3 is 10.1 Å². The SMILES string of the molecule is COC1c2cc(C)cc(C)c2NCC1C. The molecule has 1 heterocycles. The van der Waals surface area contributed by atoms with Crippen LogP contribution < -0.4 is 5.32 Å². The van der Waals surface area contributed by atoms with Gasteiger partial charge in [0.1, 0.15) is 0 Å². The van der Waals surface area contributed by atoms with Crippen LogP contribution in [0.4, 0.5) is 5.69 Å². The summed E-state index contributed by atoms with van der Waals surface area (Å²) in [5.41, 5.74) is 5.21. The Balaban J connectivity index is 2.52. The van der Waals surface area contributed by atoms with Crippen LogP contribution in [0.15, 0.2) is 12.1 Å². The van der Waals surface area contributed by atoms with E-state index in [1.54, 1.807) is 7.11 Å². The molecule has 0 saturated heterocycles. The van der Waals surface area contributed by atoms with Crippen molar-refractivity contribution in [3.8, 4) is 0 Å². The molecule has 82 valence electrons. The smallest absolute Gasteiger partial charge is 0.0883 e. The Kier molecular flexibility index (Phi) is 2.70. The van der Waals surface area contributed by atoms with Gasteiger partial charge in [0.15, 0.2) is 0 Å². The van der Waals surface area contributed by atoms with E-state index in [-0.39, 0.29) is 6.10 Å². The average Bonchev–Trinajstić information content (AvgIpc) is 2.17. The fourth-order valence-corrected chi connectivity index (χ4v) is 2.50. The van der Waals surface area contributed by atoms with Gasteiger partial charge in [-0.05, 0) is 19.4 Å². The van der Waals surface area contributed by atoms with E-state index in [0.29, 0.717) is 5.92 Å². The summed E-state index contributed by atoms with van der Waals surface area (Å²) in [6.07, 6.45) is 0.236. The van der Waals surface area contributed by atoms with E-state index in [4.69, 9.17) is 4.74 Å². The molecule has 0 spiro atoms. The first-order valence-corrected chi connectivity index (χ1v) is 5.51. The molecule has 1 aliphatic rings. The first kappa shape index (κ1) is 10.5. The van der Waals surface area contributed by atoms with Crippen LogP contribution >= 0.6 is 0 Å². The molecule has 0 aromatic heterocycles. The molecule has 2 unspecified atom stereocenters. The maximum Gasteiger partial charge on any atom is 0.0883 e. The third kappa shape index (κ3) is 1.74. The van der Waals surface area contributed by atoms with E-state index >= 15 is 0 Å². The second kappa shape index (κ2) is 3.86. The molecule has 2 atom stereocenters. The summed E-state index contributed by atoms with van der Waals surface area (Å²) in [6.45, 7) is 7.51. The number of nitrogens with one attached hydrogen (secondary N) is 1. The zero-order valence-electron chi connectivity index (χ0n) is 9.92. The number of ether oxygens (including phenoxy) is 1. The molecular formula is C13H19NO. The predicted octanol–water partition coefficient (Wildman–Crippen LogP) is 3.05. The number of fused-ring (bicyclic) bond motifs is 1. The summed E-state index contributed by atoms with van der Waals surface area (Å²) in [7, 11) is 1.80. The summed E-state index contributed by atoms with van der Waals surface area (Å²) in [5, 5.41) is 3.49. The molecule has 0 bridgehead atoms. The monoisotopic (exact) mass is 205 g/mol. The number of aryl methyl sites for hydroxylation is 2. The van der Waals surface area contributed by atoms with Crippen LogP contribution in [-0.4, -0.2) is 13.7 Å². The van der Waals surface area contributed by atoms with Gasteiger partial charge in [-0.1, -0.05) is 24.6 Å². The van der Waals surface area contributed by atoms with Crippen LogP contribution in [0.5, 0.6) is 0 Å². The van der Waals surface area contributed by atoms with Gasteiger partial charge in [-0.15, -0.1) is 0 Å². The largest absolute Gasteiger partial charge is 0.384 e. The van der Waals surface area contributed by atoms with Crippen molar-refractivity contribution in [2.45, 2.75) is 26.9 Å². The number of anilines is 1. The fraction of sp³-hybridized carbons (Fsp3) is 0.538. The zero-order valence-corrected chi connectivity index (χ0v) is 9.92. The molecule has 0 aliphatic carbocycles. The Morgan fingerprint density at radius 1 is 1.33 bits per heavy atom. The van der Waals surface area contributed by atoms with E-state index in [2.05, 4.69) is 38.2 Å². The molecule has 0 fully saturated rings. The second-order valence-electron chi connectivity index (χ2n) is 4.56. The minimum Gasteiger partial charge on any atom is -0.384 e. The van der Waals surface area contributed by atoms with Gasteiger partial charge in [0.05, 0.1) is 6.10 Å². The Labute approximate surface area is 91.6 Å². The maximum absolute atomic E-state index is 5.60. The topological polar surface area (TPSA) is 21.3 Å². The van der Waals surface area contributed by atoms with Gasteiger partial charge in [0.2, 0.25) is 0 Å². The van der Waals surface area contributed by atoms with E-state index in [9.17, 15) is 0 Å². The quantitative estimate of drug-likeness (QED) is 0.760. The Morgan fingerprint density at radius 3 is 2.73 bits per heavy atom. The number of hydrogen-bond donors (Lipinski definition) is 1. The van der Waals surface area contributed by atoms with Crippen molar-refractivity contribution >= 4 is 5.69 Å². The zero-order chi connectivity index (χ0) is 11.0. The summed E-state index contributed by atoms with van der Waals surface area (Å²) in [5.74, 6) is 0.531. The molecule has 2 nitrogen and oxygen atoms in total. The van der Waals surface area contributed by atoms with Crippen molar-refractivity contribution < 1.29 is 4.74 Å². The van der Waals surface area contributed by atoms with Crippen LogP contribution in [0.3, 0.4) is 0 Å². The van der Waals surface area contributed by atoms with Crippen molar-refractivity contribution in [1.82, 2.24) is 0 Å².